The molecule has 0 saturated heterocycles. The Morgan fingerprint density at radius 2 is 0.568 bits per heavy atom. The second kappa shape index (κ2) is 55.9. The first kappa shape index (κ1) is 79.1. The van der Waals surface area contributed by atoms with Crippen molar-refractivity contribution in [2.75, 3.05) is 39.6 Å². The van der Waals surface area contributed by atoms with Gasteiger partial charge in [-0.3, -0.25) is 37.3 Å². The summed E-state index contributed by atoms with van der Waals surface area (Å²) < 4.78 is 67.6. The molecule has 0 spiro atoms. The van der Waals surface area contributed by atoms with Crippen molar-refractivity contribution in [1.82, 2.24) is 0 Å². The largest absolute Gasteiger partial charge is 0.472 e. The number of phosphoric ester groups is 2. The lowest BCUT2D eigenvalue weighted by Gasteiger charge is -2.21. The predicted molar refractivity (Wildman–Crippen MR) is 322 cm³/mol. The maximum atomic E-state index is 13.0. The number of rotatable bonds is 62. The molecule has 0 saturated carbocycles. The van der Waals surface area contributed by atoms with E-state index in [4.69, 9.17) is 37.0 Å². The van der Waals surface area contributed by atoms with E-state index in [9.17, 15) is 43.2 Å². The van der Waals surface area contributed by atoms with Crippen LogP contribution in [-0.2, 0) is 65.4 Å². The summed E-state index contributed by atoms with van der Waals surface area (Å²) >= 11 is 0. The Morgan fingerprint density at radius 1 is 0.333 bits per heavy atom. The zero-order valence-corrected chi connectivity index (χ0v) is 53.7. The van der Waals surface area contributed by atoms with Crippen molar-refractivity contribution < 1.29 is 80.2 Å². The van der Waals surface area contributed by atoms with Crippen molar-refractivity contribution >= 4 is 39.5 Å². The van der Waals surface area contributed by atoms with Crippen LogP contribution in [0.4, 0.5) is 0 Å². The maximum Gasteiger partial charge on any atom is 0.472 e. The van der Waals surface area contributed by atoms with E-state index in [1.807, 2.05) is 0 Å². The quantitative estimate of drug-likeness (QED) is 0.0222. The summed E-state index contributed by atoms with van der Waals surface area (Å²) in [6.07, 6.45) is 39.7. The zero-order valence-electron chi connectivity index (χ0n) is 51.9. The van der Waals surface area contributed by atoms with Crippen LogP contribution in [0.3, 0.4) is 0 Å². The first-order chi connectivity index (χ1) is 39.0. The molecular weight excluding hydrogens is 1080 g/mol. The molecule has 5 atom stereocenters. The topological polar surface area (TPSA) is 237 Å². The molecule has 3 N–H and O–H groups in total. The molecule has 480 valence electrons. The molecule has 0 aliphatic carbocycles. The summed E-state index contributed by atoms with van der Waals surface area (Å²) in [6, 6.07) is 0. The Bertz CT molecular complexity index is 1580. The van der Waals surface area contributed by atoms with Crippen LogP contribution >= 0.6 is 15.6 Å². The third-order valence-electron chi connectivity index (χ3n) is 14.3. The maximum absolute atomic E-state index is 13.0. The SMILES string of the molecule is CCCCCCCCCCCCCCCCCCCCCC(=O)O[C@H](COC(=O)CCCCCCCCCC(C)C)COP(=O)(O)OC[C@@H](O)COP(=O)(O)OC[C@@H](COC(=O)CCCCCCC)OC(=O)CCCCCCCCC. The molecule has 0 aromatic carbocycles. The molecule has 0 rings (SSSR count). The van der Waals surface area contributed by atoms with Gasteiger partial charge < -0.3 is 33.8 Å². The Hall–Kier alpha value is -1.94. The van der Waals surface area contributed by atoms with Gasteiger partial charge in [0, 0.05) is 25.7 Å². The highest BCUT2D eigenvalue weighted by molar-refractivity contribution is 7.47. The monoisotopic (exact) mass is 1200 g/mol. The summed E-state index contributed by atoms with van der Waals surface area (Å²) in [7, 11) is -9.87. The molecule has 81 heavy (non-hydrogen) atoms. The Balaban J connectivity index is 5.08. The summed E-state index contributed by atoms with van der Waals surface area (Å²) in [4.78, 5) is 71.7. The molecule has 0 aromatic rings. The first-order valence-corrected chi connectivity index (χ1v) is 35.6. The van der Waals surface area contributed by atoms with Crippen LogP contribution in [0.5, 0.6) is 0 Å². The van der Waals surface area contributed by atoms with Crippen molar-refractivity contribution in [3.63, 3.8) is 0 Å². The third-order valence-corrected chi connectivity index (χ3v) is 16.2. The molecule has 0 amide bonds. The van der Waals surface area contributed by atoms with Gasteiger partial charge in [-0.1, -0.05) is 259 Å². The smallest absolute Gasteiger partial charge is 0.462 e. The summed E-state index contributed by atoms with van der Waals surface area (Å²) in [5, 5.41) is 10.5. The first-order valence-electron chi connectivity index (χ1n) is 32.6. The minimum atomic E-state index is -4.94. The van der Waals surface area contributed by atoms with Crippen LogP contribution in [0.25, 0.3) is 0 Å². The second-order valence-corrected chi connectivity index (χ2v) is 25.8. The van der Waals surface area contributed by atoms with Crippen molar-refractivity contribution in [2.24, 2.45) is 5.92 Å². The van der Waals surface area contributed by atoms with Gasteiger partial charge in [-0.25, -0.2) is 9.13 Å². The van der Waals surface area contributed by atoms with Crippen LogP contribution in [-0.4, -0.2) is 96.7 Å². The fourth-order valence-electron chi connectivity index (χ4n) is 9.23. The summed E-state index contributed by atoms with van der Waals surface area (Å²) in [5.74, 6) is -1.45. The molecule has 17 nitrogen and oxygen atoms in total. The molecule has 0 fully saturated rings. The predicted octanol–water partition coefficient (Wildman–Crippen LogP) is 17.0. The second-order valence-electron chi connectivity index (χ2n) is 22.9. The van der Waals surface area contributed by atoms with Crippen LogP contribution in [0.15, 0.2) is 0 Å². The number of aliphatic hydroxyl groups excluding tert-OH is 1. The standard InChI is InChI=1S/C62H120O17P2/c1-6-9-12-15-17-18-19-20-21-22-23-24-25-26-27-28-32-38-43-48-62(67)79-58(52-73-60(65)46-41-36-33-29-31-35-39-44-55(4)5)54-77-81(70,71)75-50-56(63)49-74-80(68,69)76-53-57(51-72-59(64)45-40-34-14-11-8-3)78-61(66)47-42-37-30-16-13-10-7-2/h55-58,63H,6-54H2,1-5H3,(H,68,69)(H,70,71)/t56-,57+,58+/m0/s1. The highest BCUT2D eigenvalue weighted by Crippen LogP contribution is 2.45. The van der Waals surface area contributed by atoms with Crippen LogP contribution in [0.1, 0.15) is 311 Å². The molecular formula is C62H120O17P2. The van der Waals surface area contributed by atoms with E-state index in [1.165, 1.54) is 109 Å². The van der Waals surface area contributed by atoms with Crippen molar-refractivity contribution in [3.05, 3.63) is 0 Å². The molecule has 0 aromatic heterocycles. The Morgan fingerprint density at radius 3 is 0.840 bits per heavy atom. The fourth-order valence-corrected chi connectivity index (χ4v) is 10.8. The minimum Gasteiger partial charge on any atom is -0.462 e. The number of hydrogen-bond acceptors (Lipinski definition) is 15. The number of unbranched alkanes of at least 4 members (excludes halogenated alkanes) is 34. The van der Waals surface area contributed by atoms with Gasteiger partial charge in [-0.2, -0.15) is 0 Å². The fraction of sp³-hybridized carbons (Fsp3) is 0.935. The van der Waals surface area contributed by atoms with E-state index < -0.39 is 97.5 Å². The number of carbonyl (C=O) groups excluding carboxylic acids is 4. The molecule has 19 heteroatoms. The van der Waals surface area contributed by atoms with Gasteiger partial charge in [0.25, 0.3) is 0 Å². The molecule has 0 heterocycles. The van der Waals surface area contributed by atoms with Gasteiger partial charge >= 0.3 is 39.5 Å². The average molecular weight is 1200 g/mol. The lowest BCUT2D eigenvalue weighted by atomic mass is 10.0. The van der Waals surface area contributed by atoms with Gasteiger partial charge in [0.1, 0.15) is 19.3 Å². The van der Waals surface area contributed by atoms with Gasteiger partial charge in [0.05, 0.1) is 26.4 Å². The van der Waals surface area contributed by atoms with Crippen LogP contribution in [0, 0.1) is 5.92 Å². The van der Waals surface area contributed by atoms with E-state index in [0.29, 0.717) is 31.6 Å². The highest BCUT2D eigenvalue weighted by Gasteiger charge is 2.30. The molecule has 0 aliphatic heterocycles. The lowest BCUT2D eigenvalue weighted by molar-refractivity contribution is -0.161. The van der Waals surface area contributed by atoms with Gasteiger partial charge in [0.15, 0.2) is 12.2 Å². The Labute approximate surface area is 492 Å². The van der Waals surface area contributed by atoms with Crippen molar-refractivity contribution in [3.8, 4) is 0 Å². The number of hydrogen-bond donors (Lipinski definition) is 3. The minimum absolute atomic E-state index is 0.103. The third kappa shape index (κ3) is 56.9. The van der Waals surface area contributed by atoms with E-state index in [1.54, 1.807) is 0 Å². The lowest BCUT2D eigenvalue weighted by Crippen LogP contribution is -2.30. The number of carbonyl (C=O) groups is 4. The molecule has 0 radical (unpaired) electrons. The normalized spacial score (nSPS) is 14.3. The van der Waals surface area contributed by atoms with Crippen LogP contribution in [0.2, 0.25) is 0 Å². The van der Waals surface area contributed by atoms with E-state index in [2.05, 4.69) is 34.6 Å². The van der Waals surface area contributed by atoms with Crippen molar-refractivity contribution in [1.29, 1.82) is 0 Å². The highest BCUT2D eigenvalue weighted by atomic mass is 31.2. The Kier molecular flexibility index (Phi) is 54.6. The zero-order chi connectivity index (χ0) is 59.9. The molecule has 2 unspecified atom stereocenters. The van der Waals surface area contributed by atoms with Gasteiger partial charge in [-0.15, -0.1) is 0 Å². The number of aliphatic hydroxyl groups is 1. The molecule has 0 bridgehead atoms. The van der Waals surface area contributed by atoms with E-state index in [0.717, 1.165) is 116 Å². The van der Waals surface area contributed by atoms with Crippen LogP contribution < -0.4 is 0 Å². The van der Waals surface area contributed by atoms with Gasteiger partial charge in [-0.05, 0) is 31.6 Å². The van der Waals surface area contributed by atoms with Gasteiger partial charge in [0.2, 0.25) is 0 Å². The van der Waals surface area contributed by atoms with E-state index >= 15 is 0 Å². The number of ether oxygens (including phenoxy) is 4. The summed E-state index contributed by atoms with van der Waals surface area (Å²) in [5.41, 5.74) is 0. The van der Waals surface area contributed by atoms with Crippen molar-refractivity contribution in [2.45, 2.75) is 329 Å². The average Bonchev–Trinajstić information content (AvgIpc) is 3.43. The van der Waals surface area contributed by atoms with E-state index in [-0.39, 0.29) is 25.7 Å². The molecule has 0 aliphatic rings. The summed E-state index contributed by atoms with van der Waals surface area (Å²) in [6.45, 7) is 6.99. The number of esters is 4. The number of phosphoric acid groups is 2.